The Morgan fingerprint density at radius 3 is 2.84 bits per heavy atom. The summed E-state index contributed by atoms with van der Waals surface area (Å²) in [6.07, 6.45) is 0.424. The van der Waals surface area contributed by atoms with Crippen LogP contribution in [0.5, 0.6) is 0 Å². The van der Waals surface area contributed by atoms with Crippen molar-refractivity contribution in [2.45, 2.75) is 24.8 Å². The average Bonchev–Trinajstić information content (AvgIpc) is 2.79. The third-order valence-corrected chi connectivity index (χ3v) is 6.82. The van der Waals surface area contributed by atoms with Gasteiger partial charge in [0.05, 0.1) is 18.2 Å². The van der Waals surface area contributed by atoms with Crippen LogP contribution >= 0.6 is 23.4 Å². The van der Waals surface area contributed by atoms with Gasteiger partial charge in [0, 0.05) is 43.9 Å². The van der Waals surface area contributed by atoms with E-state index in [1.54, 1.807) is 0 Å². The molecule has 2 aliphatic rings. The minimum absolute atomic E-state index is 0.130. The molecule has 32 heavy (non-hydrogen) atoms. The Balaban J connectivity index is 1.41. The second-order valence-corrected chi connectivity index (χ2v) is 9.22. The number of hydrogen-bond acceptors (Lipinski definition) is 8. The lowest BCUT2D eigenvalue weighted by Gasteiger charge is -2.27. The lowest BCUT2D eigenvalue weighted by atomic mass is 9.94. The predicted octanol–water partition coefficient (Wildman–Crippen LogP) is 2.87. The Morgan fingerprint density at radius 2 is 2.00 bits per heavy atom. The van der Waals surface area contributed by atoms with Crippen molar-refractivity contribution < 1.29 is 9.53 Å². The second kappa shape index (κ2) is 9.19. The van der Waals surface area contributed by atoms with E-state index in [-0.39, 0.29) is 11.9 Å². The molecular formula is C22H23ClN6O2S. The van der Waals surface area contributed by atoms with Crippen LogP contribution in [0.3, 0.4) is 0 Å². The van der Waals surface area contributed by atoms with Crippen LogP contribution in [0.15, 0.2) is 29.4 Å². The number of aromatic nitrogens is 3. The molecule has 0 atom stereocenters. The van der Waals surface area contributed by atoms with Gasteiger partial charge in [-0.1, -0.05) is 41.6 Å². The van der Waals surface area contributed by atoms with Gasteiger partial charge in [-0.3, -0.25) is 4.79 Å². The number of amides is 1. The van der Waals surface area contributed by atoms with Crippen molar-refractivity contribution in [2.75, 3.05) is 37.7 Å². The topological polar surface area (TPSA) is 106 Å². The molecule has 0 saturated carbocycles. The molecule has 2 aliphatic heterocycles. The highest BCUT2D eigenvalue weighted by molar-refractivity contribution is 7.99. The minimum atomic E-state index is 0.130. The van der Waals surface area contributed by atoms with Crippen LogP contribution in [-0.2, 0) is 22.7 Å². The molecule has 0 spiro atoms. The first-order valence-corrected chi connectivity index (χ1v) is 11.9. The van der Waals surface area contributed by atoms with Gasteiger partial charge in [-0.25, -0.2) is 4.98 Å². The summed E-state index contributed by atoms with van der Waals surface area (Å²) in [5, 5.41) is 6.39. The largest absolute Gasteiger partial charge is 0.372 e. The number of halogens is 1. The Kier molecular flexibility index (Phi) is 6.14. The molecule has 0 unspecified atom stereocenters. The lowest BCUT2D eigenvalue weighted by molar-refractivity contribution is -0.131. The zero-order valence-electron chi connectivity index (χ0n) is 17.4. The molecular weight excluding hydrogens is 448 g/mol. The Bertz CT molecular complexity index is 1180. The van der Waals surface area contributed by atoms with Crippen molar-refractivity contribution in [3.05, 3.63) is 40.4 Å². The monoisotopic (exact) mass is 470 g/mol. The van der Waals surface area contributed by atoms with Gasteiger partial charge in [-0.2, -0.15) is 9.97 Å². The number of nitrogens with one attached hydrogen (secondary N) is 1. The van der Waals surface area contributed by atoms with Gasteiger partial charge in [0.25, 0.3) is 0 Å². The molecule has 1 fully saturated rings. The molecule has 0 aliphatic carbocycles. The number of carbonyl (C=O) groups excluding carboxylic acids is 1. The van der Waals surface area contributed by atoms with Crippen LogP contribution in [0.4, 0.5) is 5.95 Å². The molecule has 8 nitrogen and oxygen atoms in total. The molecule has 1 saturated heterocycles. The number of piperazine rings is 1. The fourth-order valence-corrected chi connectivity index (χ4v) is 5.28. The Labute approximate surface area is 194 Å². The zero-order valence-corrected chi connectivity index (χ0v) is 19.0. The molecule has 3 aromatic rings. The number of benzene rings is 2. The highest BCUT2D eigenvalue weighted by atomic mass is 35.5. The van der Waals surface area contributed by atoms with E-state index in [0.29, 0.717) is 41.4 Å². The number of nitrogens with zero attached hydrogens (tertiary/aromatic N) is 4. The molecule has 1 aromatic heterocycles. The van der Waals surface area contributed by atoms with Crippen LogP contribution in [-0.4, -0.2) is 57.7 Å². The van der Waals surface area contributed by atoms with Gasteiger partial charge in [0.15, 0.2) is 11.0 Å². The van der Waals surface area contributed by atoms with Gasteiger partial charge >= 0.3 is 0 Å². The van der Waals surface area contributed by atoms with E-state index >= 15 is 0 Å². The van der Waals surface area contributed by atoms with Gasteiger partial charge in [-0.15, -0.1) is 0 Å². The number of ether oxygens (including phenoxy) is 1. The third-order valence-electron chi connectivity index (χ3n) is 5.67. The number of nitrogen functional groups attached to an aromatic ring is 1. The maximum Gasteiger partial charge on any atom is 0.224 e. The van der Waals surface area contributed by atoms with Crippen molar-refractivity contribution in [1.82, 2.24) is 25.2 Å². The van der Waals surface area contributed by atoms with E-state index in [1.807, 2.05) is 23.1 Å². The molecule has 166 valence electrons. The molecule has 1 amide bonds. The summed E-state index contributed by atoms with van der Waals surface area (Å²) in [5.74, 6) is 1.29. The number of hydrogen-bond donors (Lipinski definition) is 2. The average molecular weight is 471 g/mol. The molecule has 0 radical (unpaired) electrons. The van der Waals surface area contributed by atoms with Crippen LogP contribution in [0.1, 0.15) is 17.5 Å². The van der Waals surface area contributed by atoms with Crippen molar-refractivity contribution in [1.29, 1.82) is 0 Å². The number of nitrogens with two attached hydrogens (primary N) is 1. The summed E-state index contributed by atoms with van der Waals surface area (Å²) >= 11 is 8.08. The summed E-state index contributed by atoms with van der Waals surface area (Å²) in [7, 11) is 0. The van der Waals surface area contributed by atoms with Crippen molar-refractivity contribution in [3.8, 4) is 11.4 Å². The van der Waals surface area contributed by atoms with E-state index in [1.165, 1.54) is 11.8 Å². The van der Waals surface area contributed by atoms with Gasteiger partial charge in [-0.05, 0) is 28.0 Å². The Morgan fingerprint density at radius 1 is 1.19 bits per heavy atom. The van der Waals surface area contributed by atoms with Crippen LogP contribution < -0.4 is 11.1 Å². The van der Waals surface area contributed by atoms with E-state index < -0.39 is 0 Å². The van der Waals surface area contributed by atoms with E-state index in [0.717, 1.165) is 53.6 Å². The lowest BCUT2D eigenvalue weighted by Crippen LogP contribution is -2.46. The van der Waals surface area contributed by atoms with Gasteiger partial charge in [0.2, 0.25) is 11.9 Å². The molecule has 3 heterocycles. The highest BCUT2D eigenvalue weighted by Crippen LogP contribution is 2.39. The minimum Gasteiger partial charge on any atom is -0.372 e. The Hall–Kier alpha value is -2.46. The fourth-order valence-electron chi connectivity index (χ4n) is 4.20. The predicted molar refractivity (Wildman–Crippen MR) is 125 cm³/mol. The van der Waals surface area contributed by atoms with Gasteiger partial charge in [0.1, 0.15) is 0 Å². The van der Waals surface area contributed by atoms with E-state index in [2.05, 4.69) is 26.3 Å². The first-order chi connectivity index (χ1) is 15.6. The first kappa shape index (κ1) is 21.4. The van der Waals surface area contributed by atoms with Crippen LogP contribution in [0, 0.1) is 0 Å². The summed E-state index contributed by atoms with van der Waals surface area (Å²) in [4.78, 5) is 27.6. The highest BCUT2D eigenvalue weighted by Gasteiger charge is 2.21. The quantitative estimate of drug-likeness (QED) is 0.548. The summed E-state index contributed by atoms with van der Waals surface area (Å²) in [6, 6.07) is 7.98. The molecule has 0 bridgehead atoms. The van der Waals surface area contributed by atoms with Crippen LogP contribution in [0.25, 0.3) is 22.2 Å². The summed E-state index contributed by atoms with van der Waals surface area (Å²) in [5.41, 5.74) is 8.92. The third kappa shape index (κ3) is 4.25. The number of anilines is 1. The smallest absolute Gasteiger partial charge is 0.224 e. The number of rotatable bonds is 5. The normalized spacial score (nSPS) is 15.8. The summed E-state index contributed by atoms with van der Waals surface area (Å²) in [6.45, 7) is 4.27. The molecule has 2 aromatic carbocycles. The van der Waals surface area contributed by atoms with E-state index in [4.69, 9.17) is 22.1 Å². The first-order valence-electron chi connectivity index (χ1n) is 10.5. The molecule has 5 rings (SSSR count). The van der Waals surface area contributed by atoms with E-state index in [9.17, 15) is 4.79 Å². The van der Waals surface area contributed by atoms with Crippen molar-refractivity contribution in [2.24, 2.45) is 0 Å². The number of carbonyl (C=O) groups is 1. The molecule has 10 heteroatoms. The second-order valence-electron chi connectivity index (χ2n) is 7.75. The van der Waals surface area contributed by atoms with Crippen molar-refractivity contribution in [3.63, 3.8) is 0 Å². The number of thioether (sulfide) groups is 1. The standard InChI is InChI=1S/C22H23ClN6O2S/c23-16-10-14-12-31-11-13-2-1-3-15(18(13)14)19(16)20-26-21(24)28-22(27-20)32-9-4-17(30)29-7-5-25-6-8-29/h1-3,10,25H,4-9,11-12H2,(H2,24,26,27,28). The molecule has 3 N–H and O–H groups in total. The van der Waals surface area contributed by atoms with Crippen LogP contribution in [0.2, 0.25) is 5.02 Å². The maximum atomic E-state index is 12.4. The van der Waals surface area contributed by atoms with Gasteiger partial charge < -0.3 is 20.7 Å². The fraction of sp³-hybridized carbons (Fsp3) is 0.364. The zero-order chi connectivity index (χ0) is 22.1. The maximum absolute atomic E-state index is 12.4. The van der Waals surface area contributed by atoms with Crippen molar-refractivity contribution >= 4 is 46.0 Å². The SMILES string of the molecule is Nc1nc(SCCC(=O)N2CCNCC2)nc(-c2c(Cl)cc3c4c(cccc24)COC3)n1. The summed E-state index contributed by atoms with van der Waals surface area (Å²) < 4.78 is 5.67.